The number of phenolic OH excluding ortho intramolecular Hbond substituents is 2. The first-order valence-electron chi connectivity index (χ1n) is 11.8. The highest BCUT2D eigenvalue weighted by Crippen LogP contribution is 2.40. The molecule has 0 aliphatic carbocycles. The van der Waals surface area contributed by atoms with Gasteiger partial charge in [-0.15, -0.1) is 0 Å². The van der Waals surface area contributed by atoms with Crippen molar-refractivity contribution in [3.63, 3.8) is 0 Å². The van der Waals surface area contributed by atoms with Crippen molar-refractivity contribution in [2.24, 2.45) is 0 Å². The maximum absolute atomic E-state index is 12.8. The minimum atomic E-state index is -1.25. The van der Waals surface area contributed by atoms with E-state index in [-0.39, 0.29) is 46.0 Å². The molecule has 6 heteroatoms. The minimum Gasteiger partial charge on any atom is -0.507 e. The molecule has 0 heterocycles. The number of hydrogen-bond donors (Lipinski definition) is 2. The van der Waals surface area contributed by atoms with E-state index in [2.05, 4.69) is 0 Å². The van der Waals surface area contributed by atoms with Crippen LogP contribution >= 0.6 is 0 Å². The lowest BCUT2D eigenvalue weighted by Gasteiger charge is -2.27. The Kier molecular flexibility index (Phi) is 8.10. The molecule has 0 fully saturated rings. The topological polar surface area (TPSA) is 93.1 Å². The van der Waals surface area contributed by atoms with Crippen molar-refractivity contribution in [1.29, 1.82) is 0 Å². The summed E-state index contributed by atoms with van der Waals surface area (Å²) < 4.78 is 10.7. The quantitative estimate of drug-likeness (QED) is 0.273. The first-order valence-corrected chi connectivity index (χ1v) is 11.8. The maximum Gasteiger partial charge on any atom is 0.349 e. The Labute approximate surface area is 208 Å². The zero-order valence-electron chi connectivity index (χ0n) is 22.3. The third-order valence-corrected chi connectivity index (χ3v) is 5.55. The van der Waals surface area contributed by atoms with Crippen LogP contribution in [0.25, 0.3) is 6.08 Å². The Bertz CT molecular complexity index is 1090. The fraction of sp³-hybridized carbons (Fsp3) is 0.448. The normalized spacial score (nSPS) is 12.6. The van der Waals surface area contributed by atoms with Crippen LogP contribution in [0.5, 0.6) is 17.2 Å². The molecule has 0 saturated heterocycles. The summed E-state index contributed by atoms with van der Waals surface area (Å²) in [5.74, 6) is -0.660. The van der Waals surface area contributed by atoms with Crippen molar-refractivity contribution < 1.29 is 29.3 Å². The predicted octanol–water partition coefficient (Wildman–Crippen LogP) is 6.31. The number of hydrogen-bond acceptors (Lipinski definition) is 6. The number of rotatable bonds is 7. The van der Waals surface area contributed by atoms with Crippen LogP contribution in [-0.2, 0) is 20.4 Å². The van der Waals surface area contributed by atoms with Crippen LogP contribution in [-0.4, -0.2) is 34.2 Å². The van der Waals surface area contributed by atoms with Gasteiger partial charge in [0.05, 0.1) is 12.2 Å². The number of phenols is 2. The number of esters is 1. The molecule has 2 rings (SSSR count). The molecule has 0 unspecified atom stereocenters. The molecule has 2 N–H and O–H groups in total. The molecule has 35 heavy (non-hydrogen) atoms. The van der Waals surface area contributed by atoms with E-state index in [0.717, 1.165) is 16.7 Å². The summed E-state index contributed by atoms with van der Waals surface area (Å²) in [7, 11) is 0. The van der Waals surface area contributed by atoms with E-state index in [1.54, 1.807) is 26.8 Å². The molecule has 0 spiro atoms. The Hall–Kier alpha value is -3.28. The zero-order chi connectivity index (χ0) is 26.8. The van der Waals surface area contributed by atoms with Gasteiger partial charge in [0.25, 0.3) is 0 Å². The van der Waals surface area contributed by atoms with Crippen LogP contribution in [0.15, 0.2) is 36.4 Å². The van der Waals surface area contributed by atoms with Gasteiger partial charge in [0.2, 0.25) is 0 Å². The lowest BCUT2D eigenvalue weighted by atomic mass is 9.78. The number of carbonyl (C=O) groups excluding carboxylic acids is 2. The van der Waals surface area contributed by atoms with Gasteiger partial charge in [0.15, 0.2) is 11.4 Å². The summed E-state index contributed by atoms with van der Waals surface area (Å²) in [5, 5.41) is 21.3. The van der Waals surface area contributed by atoms with Gasteiger partial charge in [0.1, 0.15) is 17.2 Å². The summed E-state index contributed by atoms with van der Waals surface area (Å²) >= 11 is 0. The standard InChI is InChI=1S/C29H38O6/c1-10-34-26(33)29(8,9)35-19-12-13-20(24(31)17-19)23(30)14-11-18-15-21(27(2,3)4)25(32)22(16-18)28(5,6)7/h11-17,31-32H,10H2,1-9H3. The molecule has 0 saturated carbocycles. The molecule has 0 amide bonds. The van der Waals surface area contributed by atoms with Gasteiger partial charge in [-0.05, 0) is 67.5 Å². The number of ether oxygens (including phenoxy) is 2. The molecular weight excluding hydrogens is 444 g/mol. The van der Waals surface area contributed by atoms with Crippen molar-refractivity contribution in [3.05, 3.63) is 58.7 Å². The summed E-state index contributed by atoms with van der Waals surface area (Å²) in [6.45, 7) is 17.2. The monoisotopic (exact) mass is 482 g/mol. The number of benzene rings is 2. The average molecular weight is 483 g/mol. The summed E-state index contributed by atoms with van der Waals surface area (Å²) in [4.78, 5) is 24.9. The van der Waals surface area contributed by atoms with Crippen molar-refractivity contribution >= 4 is 17.8 Å². The number of allylic oxidation sites excluding steroid dienone is 1. The fourth-order valence-corrected chi connectivity index (χ4v) is 3.58. The molecule has 2 aromatic rings. The highest BCUT2D eigenvalue weighted by Gasteiger charge is 2.32. The summed E-state index contributed by atoms with van der Waals surface area (Å²) in [6.07, 6.45) is 3.07. The SMILES string of the molecule is CCOC(=O)C(C)(C)Oc1ccc(C(=O)C=Cc2cc(C(C)(C)C)c(O)c(C(C)(C)C)c2)c(O)c1. The van der Waals surface area contributed by atoms with Crippen LogP contribution in [0.1, 0.15) is 89.4 Å². The largest absolute Gasteiger partial charge is 0.507 e. The molecule has 0 aliphatic heterocycles. The molecule has 0 aliphatic rings. The highest BCUT2D eigenvalue weighted by molar-refractivity contribution is 6.08. The van der Waals surface area contributed by atoms with Crippen molar-refractivity contribution in [1.82, 2.24) is 0 Å². The van der Waals surface area contributed by atoms with Crippen LogP contribution < -0.4 is 4.74 Å². The van der Waals surface area contributed by atoms with E-state index >= 15 is 0 Å². The second kappa shape index (κ2) is 10.1. The lowest BCUT2D eigenvalue weighted by molar-refractivity contribution is -0.158. The molecule has 2 aromatic carbocycles. The Morgan fingerprint density at radius 2 is 1.43 bits per heavy atom. The van der Waals surface area contributed by atoms with Gasteiger partial charge in [-0.2, -0.15) is 0 Å². The summed E-state index contributed by atoms with van der Waals surface area (Å²) in [6, 6.07) is 8.04. The van der Waals surface area contributed by atoms with E-state index < -0.39 is 11.6 Å². The molecule has 0 radical (unpaired) electrons. The first kappa shape index (κ1) is 28.0. The van der Waals surface area contributed by atoms with E-state index in [0.29, 0.717) is 0 Å². The van der Waals surface area contributed by atoms with Crippen LogP contribution in [0.3, 0.4) is 0 Å². The van der Waals surface area contributed by atoms with Crippen LogP contribution in [0, 0.1) is 0 Å². The molecule has 0 bridgehead atoms. The van der Waals surface area contributed by atoms with Crippen molar-refractivity contribution in [3.8, 4) is 17.2 Å². The van der Waals surface area contributed by atoms with E-state index in [4.69, 9.17) is 9.47 Å². The third kappa shape index (κ3) is 6.87. The Balaban J connectivity index is 2.34. The third-order valence-electron chi connectivity index (χ3n) is 5.55. The van der Waals surface area contributed by atoms with E-state index in [9.17, 15) is 19.8 Å². The molecule has 190 valence electrons. The van der Waals surface area contributed by atoms with Gasteiger partial charge in [-0.1, -0.05) is 47.6 Å². The van der Waals surface area contributed by atoms with Gasteiger partial charge >= 0.3 is 5.97 Å². The van der Waals surface area contributed by atoms with Crippen LogP contribution in [0.2, 0.25) is 0 Å². The predicted molar refractivity (Wildman–Crippen MR) is 138 cm³/mol. The second-order valence-corrected chi connectivity index (χ2v) is 11.2. The van der Waals surface area contributed by atoms with E-state index in [1.807, 2.05) is 53.7 Å². The van der Waals surface area contributed by atoms with Crippen molar-refractivity contribution in [2.45, 2.75) is 78.7 Å². The highest BCUT2D eigenvalue weighted by atomic mass is 16.6. The minimum absolute atomic E-state index is 0.105. The Morgan fingerprint density at radius 1 is 0.886 bits per heavy atom. The smallest absolute Gasteiger partial charge is 0.349 e. The molecule has 6 nitrogen and oxygen atoms in total. The molecule has 0 aromatic heterocycles. The number of ketones is 1. The van der Waals surface area contributed by atoms with Gasteiger partial charge in [0, 0.05) is 17.2 Å². The lowest BCUT2D eigenvalue weighted by Crippen LogP contribution is -2.39. The number of carbonyl (C=O) groups is 2. The Morgan fingerprint density at radius 3 is 1.89 bits per heavy atom. The fourth-order valence-electron chi connectivity index (χ4n) is 3.58. The van der Waals surface area contributed by atoms with Gasteiger partial charge in [-0.3, -0.25) is 4.79 Å². The number of aromatic hydroxyl groups is 2. The molecular formula is C29H38O6. The second-order valence-electron chi connectivity index (χ2n) is 11.2. The summed E-state index contributed by atoms with van der Waals surface area (Å²) in [5.41, 5.74) is 0.654. The van der Waals surface area contributed by atoms with Gasteiger partial charge < -0.3 is 19.7 Å². The average Bonchev–Trinajstić information content (AvgIpc) is 2.71. The molecule has 0 atom stereocenters. The zero-order valence-corrected chi connectivity index (χ0v) is 22.3. The van der Waals surface area contributed by atoms with Crippen molar-refractivity contribution in [2.75, 3.05) is 6.61 Å². The maximum atomic E-state index is 12.8. The van der Waals surface area contributed by atoms with Gasteiger partial charge in [-0.25, -0.2) is 4.79 Å². The first-order chi connectivity index (χ1) is 16.0. The van der Waals surface area contributed by atoms with Crippen LogP contribution in [0.4, 0.5) is 0 Å². The van der Waals surface area contributed by atoms with E-state index in [1.165, 1.54) is 24.3 Å².